The van der Waals surface area contributed by atoms with Crippen LogP contribution >= 0.6 is 0 Å². The van der Waals surface area contributed by atoms with Crippen LogP contribution in [-0.4, -0.2) is 75.4 Å². The number of nitrogens with one attached hydrogen (secondary N) is 3. The normalized spacial score (nSPS) is 21.5. The molecule has 2 heterocycles. The standard InChI is InChI=1S/C17H24N4O4/c22-16(11-21-6-9-24-10-7-21)19-13-1-3-14(4-2-13)20-17(23)15-12-25-8-5-18-15/h1-4,15,18H,5-12H2,(H,19,22)(H,20,23). The van der Waals surface area contributed by atoms with E-state index in [1.54, 1.807) is 24.3 Å². The van der Waals surface area contributed by atoms with Gasteiger partial charge < -0.3 is 25.4 Å². The van der Waals surface area contributed by atoms with Gasteiger partial charge in [-0.1, -0.05) is 0 Å². The Balaban J connectivity index is 1.46. The molecule has 8 heteroatoms. The average molecular weight is 348 g/mol. The summed E-state index contributed by atoms with van der Waals surface area (Å²) in [5.41, 5.74) is 1.39. The summed E-state index contributed by atoms with van der Waals surface area (Å²) >= 11 is 0. The fourth-order valence-electron chi connectivity index (χ4n) is 2.76. The van der Waals surface area contributed by atoms with Crippen molar-refractivity contribution in [2.45, 2.75) is 6.04 Å². The number of carbonyl (C=O) groups is 2. The number of hydrogen-bond donors (Lipinski definition) is 3. The van der Waals surface area contributed by atoms with E-state index >= 15 is 0 Å². The summed E-state index contributed by atoms with van der Waals surface area (Å²) in [7, 11) is 0. The van der Waals surface area contributed by atoms with E-state index in [0.717, 1.165) is 13.1 Å². The fourth-order valence-corrected chi connectivity index (χ4v) is 2.76. The molecule has 2 saturated heterocycles. The van der Waals surface area contributed by atoms with Crippen molar-refractivity contribution in [2.24, 2.45) is 0 Å². The monoisotopic (exact) mass is 348 g/mol. The lowest BCUT2D eigenvalue weighted by molar-refractivity contribution is -0.121. The predicted molar refractivity (Wildman–Crippen MR) is 93.6 cm³/mol. The number of morpholine rings is 2. The second kappa shape index (κ2) is 8.91. The summed E-state index contributed by atoms with van der Waals surface area (Å²) < 4.78 is 10.6. The number of nitrogens with zero attached hydrogens (tertiary/aromatic N) is 1. The molecular formula is C17H24N4O4. The van der Waals surface area contributed by atoms with Gasteiger partial charge in [0, 0.05) is 31.0 Å². The van der Waals surface area contributed by atoms with Crippen LogP contribution < -0.4 is 16.0 Å². The number of anilines is 2. The Hall–Kier alpha value is -2.00. The number of ether oxygens (including phenoxy) is 2. The fraction of sp³-hybridized carbons (Fsp3) is 0.529. The molecule has 2 aliphatic heterocycles. The molecule has 1 atom stereocenters. The lowest BCUT2D eigenvalue weighted by atomic mass is 10.2. The van der Waals surface area contributed by atoms with E-state index in [1.165, 1.54) is 0 Å². The Morgan fingerprint density at radius 2 is 1.72 bits per heavy atom. The second-order valence-electron chi connectivity index (χ2n) is 6.08. The maximum absolute atomic E-state index is 12.1. The van der Waals surface area contributed by atoms with Crippen molar-refractivity contribution in [3.63, 3.8) is 0 Å². The maximum Gasteiger partial charge on any atom is 0.243 e. The van der Waals surface area contributed by atoms with Crippen LogP contribution in [-0.2, 0) is 19.1 Å². The molecule has 0 spiro atoms. The lowest BCUT2D eigenvalue weighted by Gasteiger charge is -2.25. The highest BCUT2D eigenvalue weighted by atomic mass is 16.5. The van der Waals surface area contributed by atoms with Crippen LogP contribution in [0, 0.1) is 0 Å². The summed E-state index contributed by atoms with van der Waals surface area (Å²) in [6.45, 7) is 4.92. The minimum atomic E-state index is -0.332. The number of rotatable bonds is 5. The Morgan fingerprint density at radius 3 is 2.36 bits per heavy atom. The first-order chi connectivity index (χ1) is 12.2. The summed E-state index contributed by atoms with van der Waals surface area (Å²) in [5, 5.41) is 8.82. The first kappa shape index (κ1) is 17.8. The minimum Gasteiger partial charge on any atom is -0.379 e. The zero-order valence-electron chi connectivity index (χ0n) is 14.1. The second-order valence-corrected chi connectivity index (χ2v) is 6.08. The Labute approximate surface area is 146 Å². The summed E-state index contributed by atoms with van der Waals surface area (Å²) in [5.74, 6) is -0.175. The van der Waals surface area contributed by atoms with Gasteiger partial charge in [-0.2, -0.15) is 0 Å². The van der Waals surface area contributed by atoms with Crippen molar-refractivity contribution in [1.29, 1.82) is 0 Å². The van der Waals surface area contributed by atoms with Gasteiger partial charge in [0.2, 0.25) is 11.8 Å². The molecule has 1 aromatic carbocycles. The van der Waals surface area contributed by atoms with Gasteiger partial charge in [0.05, 0.1) is 33.0 Å². The third-order valence-corrected chi connectivity index (χ3v) is 4.15. The van der Waals surface area contributed by atoms with Crippen LogP contribution in [0.25, 0.3) is 0 Å². The number of benzene rings is 1. The van der Waals surface area contributed by atoms with Crippen molar-refractivity contribution in [2.75, 3.05) is 63.2 Å². The molecule has 0 aliphatic carbocycles. The Bertz CT molecular complexity index is 581. The molecule has 1 unspecified atom stereocenters. The zero-order valence-corrected chi connectivity index (χ0v) is 14.1. The summed E-state index contributed by atoms with van der Waals surface area (Å²) in [6, 6.07) is 6.76. The average Bonchev–Trinajstić information content (AvgIpc) is 2.65. The first-order valence-corrected chi connectivity index (χ1v) is 8.53. The lowest BCUT2D eigenvalue weighted by Crippen LogP contribution is -2.48. The molecular weight excluding hydrogens is 324 g/mol. The third-order valence-electron chi connectivity index (χ3n) is 4.15. The van der Waals surface area contributed by atoms with Crippen LogP contribution in [0.3, 0.4) is 0 Å². The van der Waals surface area contributed by atoms with Gasteiger partial charge in [-0.05, 0) is 24.3 Å². The van der Waals surface area contributed by atoms with Gasteiger partial charge in [0.25, 0.3) is 0 Å². The van der Waals surface area contributed by atoms with E-state index in [2.05, 4.69) is 20.9 Å². The van der Waals surface area contributed by atoms with Crippen molar-refractivity contribution in [3.05, 3.63) is 24.3 Å². The molecule has 2 fully saturated rings. The van der Waals surface area contributed by atoms with Crippen LogP contribution in [0.2, 0.25) is 0 Å². The zero-order chi connectivity index (χ0) is 17.5. The van der Waals surface area contributed by atoms with E-state index in [-0.39, 0.29) is 17.9 Å². The Kier molecular flexibility index (Phi) is 6.35. The highest BCUT2D eigenvalue weighted by molar-refractivity contribution is 5.96. The van der Waals surface area contributed by atoms with Crippen LogP contribution in [0.4, 0.5) is 11.4 Å². The van der Waals surface area contributed by atoms with Gasteiger partial charge in [-0.25, -0.2) is 0 Å². The van der Waals surface area contributed by atoms with Crippen LogP contribution in [0.15, 0.2) is 24.3 Å². The molecule has 0 bridgehead atoms. The molecule has 8 nitrogen and oxygen atoms in total. The molecule has 2 aliphatic rings. The first-order valence-electron chi connectivity index (χ1n) is 8.53. The number of carbonyl (C=O) groups excluding carboxylic acids is 2. The maximum atomic E-state index is 12.1. The van der Waals surface area contributed by atoms with Crippen LogP contribution in [0.5, 0.6) is 0 Å². The van der Waals surface area contributed by atoms with E-state index in [0.29, 0.717) is 50.9 Å². The molecule has 0 radical (unpaired) electrons. The summed E-state index contributed by atoms with van der Waals surface area (Å²) in [6.07, 6.45) is 0. The van der Waals surface area contributed by atoms with Crippen molar-refractivity contribution >= 4 is 23.2 Å². The number of hydrogen-bond acceptors (Lipinski definition) is 6. The van der Waals surface area contributed by atoms with E-state index < -0.39 is 0 Å². The van der Waals surface area contributed by atoms with Gasteiger partial charge in [0.1, 0.15) is 6.04 Å². The van der Waals surface area contributed by atoms with Crippen molar-refractivity contribution in [1.82, 2.24) is 10.2 Å². The van der Waals surface area contributed by atoms with Gasteiger partial charge in [0.15, 0.2) is 0 Å². The Morgan fingerprint density at radius 1 is 1.04 bits per heavy atom. The molecule has 1 aromatic rings. The highest BCUT2D eigenvalue weighted by Gasteiger charge is 2.21. The predicted octanol–water partition coefficient (Wildman–Crippen LogP) is -0.116. The quantitative estimate of drug-likeness (QED) is 0.687. The van der Waals surface area contributed by atoms with Gasteiger partial charge in [-0.15, -0.1) is 0 Å². The van der Waals surface area contributed by atoms with E-state index in [9.17, 15) is 9.59 Å². The minimum absolute atomic E-state index is 0.0535. The molecule has 25 heavy (non-hydrogen) atoms. The largest absolute Gasteiger partial charge is 0.379 e. The molecule has 136 valence electrons. The topological polar surface area (TPSA) is 91.9 Å². The van der Waals surface area contributed by atoms with Gasteiger partial charge in [-0.3, -0.25) is 14.5 Å². The molecule has 3 rings (SSSR count). The smallest absolute Gasteiger partial charge is 0.243 e. The highest BCUT2D eigenvalue weighted by Crippen LogP contribution is 2.14. The third kappa shape index (κ3) is 5.50. The van der Waals surface area contributed by atoms with Crippen molar-refractivity contribution < 1.29 is 19.1 Å². The molecule has 0 saturated carbocycles. The van der Waals surface area contributed by atoms with E-state index in [4.69, 9.17) is 9.47 Å². The van der Waals surface area contributed by atoms with Crippen molar-refractivity contribution in [3.8, 4) is 0 Å². The summed E-state index contributed by atoms with van der Waals surface area (Å²) in [4.78, 5) is 26.2. The van der Waals surface area contributed by atoms with E-state index in [1.807, 2.05) is 0 Å². The molecule has 3 N–H and O–H groups in total. The number of amides is 2. The molecule has 2 amide bonds. The van der Waals surface area contributed by atoms with Gasteiger partial charge >= 0.3 is 0 Å². The SMILES string of the molecule is O=C(CN1CCOCC1)Nc1ccc(NC(=O)C2COCCN2)cc1. The van der Waals surface area contributed by atoms with Crippen LogP contribution in [0.1, 0.15) is 0 Å². The molecule has 0 aromatic heterocycles.